The van der Waals surface area contributed by atoms with Crippen molar-refractivity contribution in [3.8, 4) is 0 Å². The van der Waals surface area contributed by atoms with Crippen molar-refractivity contribution in [3.05, 3.63) is 47.3 Å². The van der Waals surface area contributed by atoms with Crippen molar-refractivity contribution >= 4 is 5.91 Å². The normalized spacial score (nSPS) is 21.0. The van der Waals surface area contributed by atoms with E-state index in [-0.39, 0.29) is 17.6 Å². The van der Waals surface area contributed by atoms with E-state index in [1.165, 1.54) is 25.0 Å². The van der Waals surface area contributed by atoms with Gasteiger partial charge in [-0.1, -0.05) is 6.07 Å². The number of carbonyl (C=O) groups is 1. The number of nitrogens with zero attached hydrogens (tertiary/aromatic N) is 5. The van der Waals surface area contributed by atoms with Gasteiger partial charge >= 0.3 is 0 Å². The molecule has 3 heterocycles. The van der Waals surface area contributed by atoms with E-state index in [1.807, 2.05) is 11.9 Å². The van der Waals surface area contributed by atoms with Crippen LogP contribution in [0.15, 0.2) is 24.3 Å². The number of hydrogen-bond acceptors (Lipinski definition) is 4. The number of aromatic nitrogens is 3. The van der Waals surface area contributed by atoms with Gasteiger partial charge in [0.2, 0.25) is 0 Å². The third kappa shape index (κ3) is 3.88. The lowest BCUT2D eigenvalue weighted by Crippen LogP contribution is -2.39. The molecular weight excluding hydrogens is 345 g/mol. The van der Waals surface area contributed by atoms with Crippen LogP contribution in [0.5, 0.6) is 0 Å². The minimum Gasteiger partial charge on any atom is -0.338 e. The van der Waals surface area contributed by atoms with E-state index in [1.54, 1.807) is 12.1 Å². The number of benzene rings is 1. The Hall–Kier alpha value is -2.28. The Bertz CT molecular complexity index is 814. The first-order chi connectivity index (χ1) is 13.1. The predicted molar refractivity (Wildman–Crippen MR) is 99.8 cm³/mol. The maximum absolute atomic E-state index is 13.5. The summed E-state index contributed by atoms with van der Waals surface area (Å²) in [5, 5.41) is 8.86. The molecule has 4 rings (SSSR count). The van der Waals surface area contributed by atoms with Crippen molar-refractivity contribution in [3.63, 3.8) is 0 Å². The summed E-state index contributed by atoms with van der Waals surface area (Å²) in [6.45, 7) is 4.39. The van der Waals surface area contributed by atoms with E-state index in [0.717, 1.165) is 44.1 Å². The van der Waals surface area contributed by atoms with Crippen molar-refractivity contribution in [1.82, 2.24) is 24.6 Å². The molecule has 0 unspecified atom stereocenters. The summed E-state index contributed by atoms with van der Waals surface area (Å²) >= 11 is 0. The first kappa shape index (κ1) is 18.1. The molecule has 7 heteroatoms. The van der Waals surface area contributed by atoms with Crippen molar-refractivity contribution in [2.45, 2.75) is 38.1 Å². The summed E-state index contributed by atoms with van der Waals surface area (Å²) in [6.07, 6.45) is 4.41. The summed E-state index contributed by atoms with van der Waals surface area (Å²) in [4.78, 5) is 17.0. The number of halogens is 1. The number of rotatable bonds is 4. The molecular formula is C20H26FN5O. The summed E-state index contributed by atoms with van der Waals surface area (Å²) in [6, 6.07) is 5.92. The van der Waals surface area contributed by atoms with Crippen LogP contribution in [0.4, 0.5) is 4.39 Å². The second-order valence-electron chi connectivity index (χ2n) is 7.62. The van der Waals surface area contributed by atoms with Crippen LogP contribution >= 0.6 is 0 Å². The highest BCUT2D eigenvalue weighted by molar-refractivity contribution is 5.94. The second-order valence-corrected chi connectivity index (χ2v) is 7.62. The fourth-order valence-electron chi connectivity index (χ4n) is 4.19. The van der Waals surface area contributed by atoms with Gasteiger partial charge in [-0.05, 0) is 57.0 Å². The smallest absolute Gasteiger partial charge is 0.253 e. The van der Waals surface area contributed by atoms with Crippen LogP contribution in [0.1, 0.15) is 53.6 Å². The van der Waals surface area contributed by atoms with Crippen molar-refractivity contribution in [2.24, 2.45) is 7.05 Å². The monoisotopic (exact) mass is 371 g/mol. The molecule has 0 bridgehead atoms. The largest absolute Gasteiger partial charge is 0.338 e. The van der Waals surface area contributed by atoms with Crippen LogP contribution in [0.25, 0.3) is 0 Å². The minimum absolute atomic E-state index is 0.112. The van der Waals surface area contributed by atoms with Gasteiger partial charge in [-0.3, -0.25) is 9.69 Å². The number of amides is 1. The van der Waals surface area contributed by atoms with Gasteiger partial charge in [0, 0.05) is 31.6 Å². The fraction of sp³-hybridized carbons (Fsp3) is 0.550. The molecule has 0 saturated carbocycles. The van der Waals surface area contributed by atoms with Gasteiger partial charge in [0.25, 0.3) is 5.91 Å². The van der Waals surface area contributed by atoms with E-state index in [9.17, 15) is 9.18 Å². The Morgan fingerprint density at radius 2 is 2.00 bits per heavy atom. The molecule has 0 spiro atoms. The zero-order valence-corrected chi connectivity index (χ0v) is 15.8. The van der Waals surface area contributed by atoms with E-state index in [2.05, 4.69) is 19.7 Å². The summed E-state index contributed by atoms with van der Waals surface area (Å²) in [5.41, 5.74) is 0.406. The Kier molecular flexibility index (Phi) is 5.20. The lowest BCUT2D eigenvalue weighted by atomic mass is 9.96. The lowest BCUT2D eigenvalue weighted by molar-refractivity contribution is 0.0703. The number of carbonyl (C=O) groups excluding carboxylic acids is 1. The molecule has 0 aliphatic carbocycles. The van der Waals surface area contributed by atoms with Gasteiger partial charge in [-0.15, -0.1) is 10.2 Å². The molecule has 1 aromatic carbocycles. The highest BCUT2D eigenvalue weighted by atomic mass is 19.1. The Morgan fingerprint density at radius 1 is 1.19 bits per heavy atom. The summed E-state index contributed by atoms with van der Waals surface area (Å²) < 4.78 is 15.6. The molecule has 1 amide bonds. The SMILES string of the molecule is Cn1c(CN2CCCC2)nnc1[C@H]1CCCN(C(=O)c2cccc(F)c2)C1. The maximum Gasteiger partial charge on any atom is 0.253 e. The number of piperidine rings is 1. The van der Waals surface area contributed by atoms with E-state index >= 15 is 0 Å². The average Bonchev–Trinajstić information content (AvgIpc) is 3.32. The zero-order chi connectivity index (χ0) is 18.8. The topological polar surface area (TPSA) is 54.3 Å². The van der Waals surface area contributed by atoms with Gasteiger partial charge < -0.3 is 9.47 Å². The Labute approximate surface area is 159 Å². The predicted octanol–water partition coefficient (Wildman–Crippen LogP) is 2.57. The molecule has 0 radical (unpaired) electrons. The minimum atomic E-state index is -0.380. The van der Waals surface area contributed by atoms with E-state index < -0.39 is 0 Å². The molecule has 2 aromatic rings. The molecule has 1 atom stereocenters. The maximum atomic E-state index is 13.5. The number of likely N-dealkylation sites (tertiary alicyclic amines) is 2. The lowest BCUT2D eigenvalue weighted by Gasteiger charge is -2.32. The van der Waals surface area contributed by atoms with Crippen LogP contribution in [0.3, 0.4) is 0 Å². The van der Waals surface area contributed by atoms with Crippen molar-refractivity contribution in [2.75, 3.05) is 26.2 Å². The van der Waals surface area contributed by atoms with Crippen molar-refractivity contribution < 1.29 is 9.18 Å². The molecule has 0 N–H and O–H groups in total. The summed E-state index contributed by atoms with van der Waals surface area (Å²) in [7, 11) is 2.02. The van der Waals surface area contributed by atoms with Crippen LogP contribution in [-0.2, 0) is 13.6 Å². The molecule has 1 aromatic heterocycles. The van der Waals surface area contributed by atoms with E-state index in [4.69, 9.17) is 0 Å². The second kappa shape index (κ2) is 7.76. The Morgan fingerprint density at radius 3 is 2.78 bits per heavy atom. The molecule has 27 heavy (non-hydrogen) atoms. The third-order valence-corrected chi connectivity index (χ3v) is 5.71. The Balaban J connectivity index is 1.46. The molecule has 2 fully saturated rings. The molecule has 2 aliphatic rings. The first-order valence-corrected chi connectivity index (χ1v) is 9.77. The van der Waals surface area contributed by atoms with E-state index in [0.29, 0.717) is 18.7 Å². The van der Waals surface area contributed by atoms with Crippen molar-refractivity contribution in [1.29, 1.82) is 0 Å². The summed E-state index contributed by atoms with van der Waals surface area (Å²) in [5.74, 6) is 1.61. The van der Waals surface area contributed by atoms with Crippen LogP contribution in [0.2, 0.25) is 0 Å². The third-order valence-electron chi connectivity index (χ3n) is 5.71. The molecule has 144 valence electrons. The van der Waals surface area contributed by atoms with Gasteiger partial charge in [-0.25, -0.2) is 4.39 Å². The van der Waals surface area contributed by atoms with Crippen LogP contribution in [0, 0.1) is 5.82 Å². The zero-order valence-electron chi connectivity index (χ0n) is 15.8. The average molecular weight is 371 g/mol. The molecule has 2 aliphatic heterocycles. The quantitative estimate of drug-likeness (QED) is 0.829. The van der Waals surface area contributed by atoms with Gasteiger partial charge in [-0.2, -0.15) is 0 Å². The van der Waals surface area contributed by atoms with Gasteiger partial charge in [0.15, 0.2) is 0 Å². The number of hydrogen-bond donors (Lipinski definition) is 0. The molecule has 2 saturated heterocycles. The van der Waals surface area contributed by atoms with Crippen LogP contribution in [-0.4, -0.2) is 56.7 Å². The van der Waals surface area contributed by atoms with Crippen LogP contribution < -0.4 is 0 Å². The highest BCUT2D eigenvalue weighted by Crippen LogP contribution is 2.27. The first-order valence-electron chi connectivity index (χ1n) is 9.77. The fourth-order valence-corrected chi connectivity index (χ4v) is 4.19. The highest BCUT2D eigenvalue weighted by Gasteiger charge is 2.29. The standard InChI is InChI=1S/C20H26FN5O/c1-24-18(14-25-9-2-3-10-25)22-23-19(24)16-7-5-11-26(13-16)20(27)15-6-4-8-17(21)12-15/h4,6,8,12,16H,2-3,5,7,9-11,13-14H2,1H3/t16-/m0/s1. The van der Waals surface area contributed by atoms with Gasteiger partial charge in [0.05, 0.1) is 6.54 Å². The molecule has 6 nitrogen and oxygen atoms in total. The van der Waals surface area contributed by atoms with Gasteiger partial charge in [0.1, 0.15) is 17.5 Å².